The van der Waals surface area contributed by atoms with E-state index in [1.807, 2.05) is 11.3 Å². The molecule has 5 aromatic carbocycles. The summed E-state index contributed by atoms with van der Waals surface area (Å²) in [5.41, 5.74) is 7.44. The lowest BCUT2D eigenvalue weighted by Crippen LogP contribution is -2.39. The summed E-state index contributed by atoms with van der Waals surface area (Å²) in [6.45, 7) is 0. The second-order valence-electron chi connectivity index (χ2n) is 11.4. The average molecular weight is 560 g/mol. The van der Waals surface area contributed by atoms with Crippen LogP contribution in [0.3, 0.4) is 0 Å². The van der Waals surface area contributed by atoms with Gasteiger partial charge in [-0.2, -0.15) is 0 Å². The van der Waals surface area contributed by atoms with Gasteiger partial charge in [-0.15, -0.1) is 11.3 Å². The minimum absolute atomic E-state index is 0.00442. The Morgan fingerprint density at radius 3 is 2.45 bits per heavy atom. The molecule has 3 nitrogen and oxygen atoms in total. The van der Waals surface area contributed by atoms with Crippen LogP contribution in [-0.4, -0.2) is 4.57 Å². The fraction of sp³-hybridized carbons (Fsp3) is 0.105. The van der Waals surface area contributed by atoms with Gasteiger partial charge in [0.05, 0.1) is 11.0 Å². The molecule has 0 saturated heterocycles. The maximum atomic E-state index is 3.98. The second-order valence-corrected chi connectivity index (χ2v) is 12.5. The number of nitrogens with zero attached hydrogens (tertiary/aromatic N) is 1. The quantitative estimate of drug-likeness (QED) is 0.226. The molecule has 2 N–H and O–H groups in total. The number of fused-ring (bicyclic) bond motifs is 7. The molecule has 202 valence electrons. The van der Waals surface area contributed by atoms with Crippen LogP contribution in [0.2, 0.25) is 0 Å². The maximum Gasteiger partial charge on any atom is 0.104 e. The van der Waals surface area contributed by atoms with Gasteiger partial charge in [0.25, 0.3) is 0 Å². The summed E-state index contributed by atoms with van der Waals surface area (Å²) in [6, 6.07) is 40.4. The molecule has 3 unspecified atom stereocenters. The van der Waals surface area contributed by atoms with Crippen LogP contribution >= 0.6 is 11.3 Å². The lowest BCUT2D eigenvalue weighted by molar-refractivity contribution is 0.373. The van der Waals surface area contributed by atoms with Crippen molar-refractivity contribution in [1.29, 1.82) is 0 Å². The van der Waals surface area contributed by atoms with Crippen LogP contribution in [0.5, 0.6) is 0 Å². The number of benzene rings is 5. The highest BCUT2D eigenvalue weighted by atomic mass is 32.1. The first-order valence-electron chi connectivity index (χ1n) is 14.7. The Bertz CT molecular complexity index is 2220. The Morgan fingerprint density at radius 2 is 1.52 bits per heavy atom. The smallest absolute Gasteiger partial charge is 0.104 e. The van der Waals surface area contributed by atoms with E-state index in [1.54, 1.807) is 0 Å². The molecule has 0 saturated carbocycles. The van der Waals surface area contributed by atoms with Crippen molar-refractivity contribution in [3.05, 3.63) is 145 Å². The van der Waals surface area contributed by atoms with Crippen LogP contribution in [0.15, 0.2) is 133 Å². The first-order valence-corrected chi connectivity index (χ1v) is 15.5. The third kappa shape index (κ3) is 3.69. The predicted molar refractivity (Wildman–Crippen MR) is 179 cm³/mol. The van der Waals surface area contributed by atoms with Crippen molar-refractivity contribution >= 4 is 59.0 Å². The van der Waals surface area contributed by atoms with Gasteiger partial charge in [-0.1, -0.05) is 91.0 Å². The summed E-state index contributed by atoms with van der Waals surface area (Å²) in [6.07, 6.45) is 10.0. The third-order valence-electron chi connectivity index (χ3n) is 9.02. The van der Waals surface area contributed by atoms with Gasteiger partial charge in [0.2, 0.25) is 0 Å². The van der Waals surface area contributed by atoms with Gasteiger partial charge in [-0.3, -0.25) is 5.32 Å². The van der Waals surface area contributed by atoms with Gasteiger partial charge in [0.1, 0.15) is 6.17 Å². The van der Waals surface area contributed by atoms with Crippen molar-refractivity contribution in [3.8, 4) is 5.69 Å². The number of allylic oxidation sites excluding steroid dienone is 3. The van der Waals surface area contributed by atoms with E-state index in [1.165, 1.54) is 64.5 Å². The fourth-order valence-electron chi connectivity index (χ4n) is 7.06. The zero-order chi connectivity index (χ0) is 27.6. The number of aromatic nitrogens is 1. The Hall–Kier alpha value is -4.64. The fourth-order valence-corrected chi connectivity index (χ4v) is 8.18. The van der Waals surface area contributed by atoms with Crippen molar-refractivity contribution in [1.82, 2.24) is 9.88 Å². The van der Waals surface area contributed by atoms with E-state index < -0.39 is 0 Å². The standard InChI is InChI=1S/C38H29N3S/c1-2-11-24(12-3-1)37-29-17-4-7-18-32(29)39-38(40-37)25-13-10-14-26(21-25)41-33-19-8-5-15-27(33)30-23-36-31(22-34(30)41)28-16-6-9-20-35(28)42-36/h1-11,13-24,37-40H,12H2. The molecule has 7 aromatic rings. The zero-order valence-electron chi connectivity index (χ0n) is 23.0. The van der Waals surface area contributed by atoms with Crippen molar-refractivity contribution < 1.29 is 0 Å². The monoisotopic (exact) mass is 559 g/mol. The molecule has 1 aliphatic carbocycles. The molecular weight excluding hydrogens is 531 g/mol. The summed E-state index contributed by atoms with van der Waals surface area (Å²) >= 11 is 1.88. The lowest BCUT2D eigenvalue weighted by Gasteiger charge is -2.38. The molecular formula is C38H29N3S. The molecule has 3 heterocycles. The van der Waals surface area contributed by atoms with E-state index in [0.29, 0.717) is 5.92 Å². The van der Waals surface area contributed by atoms with Crippen molar-refractivity contribution in [2.45, 2.75) is 18.6 Å². The highest BCUT2D eigenvalue weighted by Crippen LogP contribution is 2.42. The van der Waals surface area contributed by atoms with Crippen LogP contribution < -0.4 is 10.6 Å². The number of nitrogens with one attached hydrogen (secondary N) is 2. The SMILES string of the molecule is C1=CCC(C2NC(c3cccc(-n4c5ccccc5c5cc6sc7ccccc7c6cc54)c3)Nc3ccccc32)C=C1. The van der Waals surface area contributed by atoms with E-state index in [-0.39, 0.29) is 12.2 Å². The van der Waals surface area contributed by atoms with E-state index >= 15 is 0 Å². The highest BCUT2D eigenvalue weighted by molar-refractivity contribution is 7.25. The van der Waals surface area contributed by atoms with Crippen molar-refractivity contribution in [2.75, 3.05) is 5.32 Å². The number of thiophene rings is 1. The van der Waals surface area contributed by atoms with Gasteiger partial charge >= 0.3 is 0 Å². The summed E-state index contributed by atoms with van der Waals surface area (Å²) in [5.74, 6) is 0.420. The van der Waals surface area contributed by atoms with Gasteiger partial charge < -0.3 is 9.88 Å². The Kier molecular flexibility index (Phi) is 5.40. The first kappa shape index (κ1) is 24.0. The molecule has 2 aromatic heterocycles. The molecule has 0 radical (unpaired) electrons. The third-order valence-corrected chi connectivity index (χ3v) is 10.2. The predicted octanol–water partition coefficient (Wildman–Crippen LogP) is 10.0. The van der Waals surface area contributed by atoms with Crippen molar-refractivity contribution in [2.24, 2.45) is 5.92 Å². The maximum absolute atomic E-state index is 3.98. The molecule has 2 aliphatic rings. The minimum atomic E-state index is 0.00442. The molecule has 0 bridgehead atoms. The minimum Gasteiger partial charge on any atom is -0.366 e. The highest BCUT2D eigenvalue weighted by Gasteiger charge is 2.31. The summed E-state index contributed by atoms with van der Waals surface area (Å²) < 4.78 is 5.13. The number of anilines is 1. The van der Waals surface area contributed by atoms with Crippen molar-refractivity contribution in [3.63, 3.8) is 0 Å². The van der Waals surface area contributed by atoms with Crippen LogP contribution in [0.1, 0.15) is 29.8 Å². The van der Waals surface area contributed by atoms with Crippen LogP contribution in [0.25, 0.3) is 47.7 Å². The van der Waals surface area contributed by atoms with Gasteiger partial charge in [0, 0.05) is 54.3 Å². The number of rotatable bonds is 3. The molecule has 0 spiro atoms. The Labute approximate surface area is 248 Å². The summed E-state index contributed by atoms with van der Waals surface area (Å²) in [5, 5.41) is 13.0. The molecule has 3 atom stereocenters. The van der Waals surface area contributed by atoms with Crippen LogP contribution in [0, 0.1) is 5.92 Å². The average Bonchev–Trinajstić information content (AvgIpc) is 3.58. The van der Waals surface area contributed by atoms with E-state index in [0.717, 1.165) is 6.42 Å². The van der Waals surface area contributed by atoms with Gasteiger partial charge in [0.15, 0.2) is 0 Å². The molecule has 42 heavy (non-hydrogen) atoms. The topological polar surface area (TPSA) is 29.0 Å². The van der Waals surface area contributed by atoms with E-state index in [2.05, 4.69) is 149 Å². The zero-order valence-corrected chi connectivity index (χ0v) is 23.8. The van der Waals surface area contributed by atoms with Gasteiger partial charge in [-0.05, 0) is 60.0 Å². The number of hydrogen-bond acceptors (Lipinski definition) is 3. The Balaban J connectivity index is 1.20. The van der Waals surface area contributed by atoms with Crippen LogP contribution in [0.4, 0.5) is 5.69 Å². The summed E-state index contributed by atoms with van der Waals surface area (Å²) in [7, 11) is 0. The number of hydrogen-bond donors (Lipinski definition) is 2. The van der Waals surface area contributed by atoms with Gasteiger partial charge in [-0.25, -0.2) is 0 Å². The molecule has 1 aliphatic heterocycles. The molecule has 4 heteroatoms. The molecule has 9 rings (SSSR count). The molecule has 0 amide bonds. The Morgan fingerprint density at radius 1 is 0.667 bits per heavy atom. The molecule has 0 fully saturated rings. The van der Waals surface area contributed by atoms with Crippen LogP contribution in [-0.2, 0) is 0 Å². The first-order chi connectivity index (χ1) is 20.8. The summed E-state index contributed by atoms with van der Waals surface area (Å²) in [4.78, 5) is 0. The largest absolute Gasteiger partial charge is 0.366 e. The van der Waals surface area contributed by atoms with E-state index in [4.69, 9.17) is 0 Å². The second kappa shape index (κ2) is 9.45. The lowest BCUT2D eigenvalue weighted by atomic mass is 9.85. The normalized spacial score (nSPS) is 20.0. The number of para-hydroxylation sites is 2. The van der Waals surface area contributed by atoms with E-state index in [9.17, 15) is 0 Å².